The number of hydrogen-bond donors (Lipinski definition) is 0. The second kappa shape index (κ2) is 10.3. The van der Waals surface area contributed by atoms with Crippen molar-refractivity contribution in [2.24, 2.45) is 29.1 Å². The lowest BCUT2D eigenvalue weighted by Gasteiger charge is -2.45. The summed E-state index contributed by atoms with van der Waals surface area (Å²) in [6.45, 7) is 16.2. The van der Waals surface area contributed by atoms with Crippen molar-refractivity contribution in [1.29, 1.82) is 0 Å². The van der Waals surface area contributed by atoms with Gasteiger partial charge in [0.15, 0.2) is 0 Å². The highest BCUT2D eigenvalue weighted by molar-refractivity contribution is 5.77. The van der Waals surface area contributed by atoms with Gasteiger partial charge in [-0.1, -0.05) is 46.5 Å². The van der Waals surface area contributed by atoms with Crippen molar-refractivity contribution in [2.45, 2.75) is 131 Å². The number of hydrogen-bond acceptors (Lipinski definition) is 4. The molecule has 31 heavy (non-hydrogen) atoms. The number of rotatable bonds is 8. The lowest BCUT2D eigenvalue weighted by molar-refractivity contribution is -0.183. The maximum atomic E-state index is 13.5. The number of ether oxygens (including phenoxy) is 2. The molecule has 2 fully saturated rings. The van der Waals surface area contributed by atoms with Crippen molar-refractivity contribution in [3.8, 4) is 0 Å². The predicted molar refractivity (Wildman–Crippen MR) is 126 cm³/mol. The summed E-state index contributed by atoms with van der Waals surface area (Å²) < 4.78 is 12.2. The van der Waals surface area contributed by atoms with E-state index in [2.05, 4.69) is 27.7 Å². The molecule has 0 spiro atoms. The van der Waals surface area contributed by atoms with E-state index in [1.165, 1.54) is 32.1 Å². The molecule has 4 nitrogen and oxygen atoms in total. The van der Waals surface area contributed by atoms with Gasteiger partial charge in [-0.3, -0.25) is 9.59 Å². The topological polar surface area (TPSA) is 52.6 Å². The summed E-state index contributed by atoms with van der Waals surface area (Å²) in [5.41, 5.74) is -1.42. The lowest BCUT2D eigenvalue weighted by Crippen LogP contribution is -2.47. The summed E-state index contributed by atoms with van der Waals surface area (Å²) in [6.07, 6.45) is 11.0. The van der Waals surface area contributed by atoms with Crippen LogP contribution in [-0.4, -0.2) is 23.1 Å². The summed E-state index contributed by atoms with van der Waals surface area (Å²) in [4.78, 5) is 25.7. The Hall–Kier alpha value is -1.06. The Labute approximate surface area is 191 Å². The zero-order chi connectivity index (χ0) is 23.4. The third-order valence-electron chi connectivity index (χ3n) is 8.54. The molecule has 4 heteroatoms. The molecule has 0 aromatic rings. The Balaban J connectivity index is 2.09. The van der Waals surface area contributed by atoms with E-state index in [0.29, 0.717) is 5.92 Å². The van der Waals surface area contributed by atoms with Gasteiger partial charge in [-0.05, 0) is 90.9 Å². The summed E-state index contributed by atoms with van der Waals surface area (Å²) in [5.74, 6) is 0.651. The van der Waals surface area contributed by atoms with E-state index in [1.54, 1.807) is 0 Å². The molecule has 0 aromatic heterocycles. The highest BCUT2D eigenvalue weighted by atomic mass is 16.6. The number of carbonyl (C=O) groups excluding carboxylic acids is 2. The van der Waals surface area contributed by atoms with Gasteiger partial charge in [-0.2, -0.15) is 0 Å². The number of carbonyl (C=O) groups is 2. The van der Waals surface area contributed by atoms with Gasteiger partial charge in [0.25, 0.3) is 0 Å². The molecule has 3 unspecified atom stereocenters. The zero-order valence-electron chi connectivity index (χ0n) is 21.5. The van der Waals surface area contributed by atoms with Crippen LogP contribution in [0.5, 0.6) is 0 Å². The highest BCUT2D eigenvalue weighted by Gasteiger charge is 2.47. The fourth-order valence-corrected chi connectivity index (χ4v) is 5.60. The Kier molecular flexibility index (Phi) is 8.66. The van der Waals surface area contributed by atoms with Crippen LogP contribution < -0.4 is 0 Å². The van der Waals surface area contributed by atoms with Crippen molar-refractivity contribution in [3.05, 3.63) is 0 Å². The van der Waals surface area contributed by atoms with Gasteiger partial charge in [-0.25, -0.2) is 0 Å². The van der Waals surface area contributed by atoms with E-state index < -0.39 is 11.0 Å². The summed E-state index contributed by atoms with van der Waals surface area (Å²) in [5, 5.41) is 0. The summed E-state index contributed by atoms with van der Waals surface area (Å²) in [7, 11) is 0. The summed E-state index contributed by atoms with van der Waals surface area (Å²) in [6, 6.07) is 0. The van der Waals surface area contributed by atoms with Crippen LogP contribution in [0.3, 0.4) is 0 Å². The van der Waals surface area contributed by atoms with Crippen LogP contribution in [0.2, 0.25) is 0 Å². The molecule has 2 aliphatic carbocycles. The van der Waals surface area contributed by atoms with Gasteiger partial charge >= 0.3 is 11.9 Å². The Morgan fingerprint density at radius 2 is 1.35 bits per heavy atom. The van der Waals surface area contributed by atoms with Crippen LogP contribution in [-0.2, 0) is 19.1 Å². The van der Waals surface area contributed by atoms with Crippen molar-refractivity contribution in [3.63, 3.8) is 0 Å². The van der Waals surface area contributed by atoms with Gasteiger partial charge in [0.05, 0.1) is 11.3 Å². The second-order valence-corrected chi connectivity index (χ2v) is 11.9. The maximum absolute atomic E-state index is 13.5. The van der Waals surface area contributed by atoms with E-state index in [9.17, 15) is 9.59 Å². The molecule has 0 aromatic carbocycles. The first kappa shape index (κ1) is 26.2. The van der Waals surface area contributed by atoms with Crippen LogP contribution in [0.1, 0.15) is 120 Å². The van der Waals surface area contributed by atoms with Crippen LogP contribution in [0.25, 0.3) is 0 Å². The highest BCUT2D eigenvalue weighted by Crippen LogP contribution is 2.47. The molecular formula is C27H48O4. The van der Waals surface area contributed by atoms with Crippen molar-refractivity contribution in [1.82, 2.24) is 0 Å². The molecule has 2 rings (SSSR count). The molecule has 3 atom stereocenters. The standard InChI is InChI=1S/C27H48O4/c1-9-27(8,20-14-11-10-12-15-20)31-24(29)25(4,5)21-16-13-17-22(18-21)26(6,7)30-23(28)19(2)3/h19-22H,9-18H2,1-8H3. The van der Waals surface area contributed by atoms with Crippen LogP contribution >= 0.6 is 0 Å². The molecular weight excluding hydrogens is 388 g/mol. The molecule has 0 saturated heterocycles. The molecule has 0 amide bonds. The zero-order valence-corrected chi connectivity index (χ0v) is 21.5. The monoisotopic (exact) mass is 436 g/mol. The Morgan fingerprint density at radius 1 is 0.806 bits per heavy atom. The normalized spacial score (nSPS) is 25.7. The van der Waals surface area contributed by atoms with Crippen LogP contribution in [0, 0.1) is 29.1 Å². The van der Waals surface area contributed by atoms with Crippen LogP contribution in [0.15, 0.2) is 0 Å². The van der Waals surface area contributed by atoms with E-state index >= 15 is 0 Å². The van der Waals surface area contributed by atoms with Gasteiger partial charge in [0.1, 0.15) is 11.2 Å². The molecule has 0 heterocycles. The minimum Gasteiger partial charge on any atom is -0.459 e. The van der Waals surface area contributed by atoms with Gasteiger partial charge in [0.2, 0.25) is 0 Å². The molecule has 180 valence electrons. The molecule has 0 bridgehead atoms. The quantitative estimate of drug-likeness (QED) is 0.381. The molecule has 2 saturated carbocycles. The van der Waals surface area contributed by atoms with Gasteiger partial charge in [0, 0.05) is 0 Å². The van der Waals surface area contributed by atoms with Crippen molar-refractivity contribution >= 4 is 11.9 Å². The minimum absolute atomic E-state index is 0.0509. The fraction of sp³-hybridized carbons (Fsp3) is 0.926. The van der Waals surface area contributed by atoms with Gasteiger partial charge < -0.3 is 9.47 Å². The first-order valence-electron chi connectivity index (χ1n) is 12.8. The van der Waals surface area contributed by atoms with Gasteiger partial charge in [-0.15, -0.1) is 0 Å². The first-order chi connectivity index (χ1) is 14.3. The first-order valence-corrected chi connectivity index (χ1v) is 12.8. The number of esters is 2. The second-order valence-electron chi connectivity index (χ2n) is 11.9. The SMILES string of the molecule is CCC(C)(OC(=O)C(C)(C)C1CCCC(C(C)(C)OC(=O)C(C)C)C1)C1CCCCC1. The minimum atomic E-state index is -0.540. The third kappa shape index (κ3) is 6.26. The van der Waals surface area contributed by atoms with Crippen LogP contribution in [0.4, 0.5) is 0 Å². The van der Waals surface area contributed by atoms with Crippen molar-refractivity contribution < 1.29 is 19.1 Å². The maximum Gasteiger partial charge on any atom is 0.312 e. The summed E-state index contributed by atoms with van der Waals surface area (Å²) >= 11 is 0. The van der Waals surface area contributed by atoms with E-state index in [1.807, 2.05) is 27.7 Å². The smallest absolute Gasteiger partial charge is 0.312 e. The van der Waals surface area contributed by atoms with Crippen molar-refractivity contribution in [2.75, 3.05) is 0 Å². The molecule has 0 aliphatic heterocycles. The predicted octanol–water partition coefficient (Wildman–Crippen LogP) is 7.09. The fourth-order valence-electron chi connectivity index (χ4n) is 5.60. The van der Waals surface area contributed by atoms with E-state index in [4.69, 9.17) is 9.47 Å². The average Bonchev–Trinajstić information content (AvgIpc) is 2.73. The molecule has 2 aliphatic rings. The largest absolute Gasteiger partial charge is 0.459 e. The van der Waals surface area contributed by atoms with E-state index in [0.717, 1.165) is 32.1 Å². The average molecular weight is 437 g/mol. The third-order valence-corrected chi connectivity index (χ3v) is 8.54. The Morgan fingerprint density at radius 3 is 1.90 bits per heavy atom. The van der Waals surface area contributed by atoms with E-state index in [-0.39, 0.29) is 35.3 Å². The molecule has 0 N–H and O–H groups in total. The Bertz CT molecular complexity index is 615. The lowest BCUT2D eigenvalue weighted by atomic mass is 9.65. The molecule has 0 radical (unpaired) electrons.